The lowest BCUT2D eigenvalue weighted by Gasteiger charge is -2.36. The highest BCUT2D eigenvalue weighted by atomic mass is 32.1. The molecule has 4 heterocycles. The molecule has 2 aromatic rings. The van der Waals surface area contributed by atoms with Crippen LogP contribution in [0.15, 0.2) is 28.2 Å². The van der Waals surface area contributed by atoms with E-state index in [2.05, 4.69) is 10.3 Å². The van der Waals surface area contributed by atoms with Crippen LogP contribution in [0.2, 0.25) is 0 Å². The van der Waals surface area contributed by atoms with Crippen LogP contribution in [0, 0.1) is 0 Å². The van der Waals surface area contributed by atoms with Gasteiger partial charge in [-0.3, -0.25) is 4.79 Å². The van der Waals surface area contributed by atoms with Crippen molar-refractivity contribution in [3.8, 4) is 10.8 Å². The largest absolute Gasteiger partial charge is 0.462 e. The van der Waals surface area contributed by atoms with Gasteiger partial charge in [0.15, 0.2) is 10.8 Å². The van der Waals surface area contributed by atoms with E-state index in [-0.39, 0.29) is 18.0 Å². The van der Waals surface area contributed by atoms with Crippen molar-refractivity contribution in [2.45, 2.75) is 18.9 Å². The number of nitrogens with one attached hydrogen (secondary N) is 1. The third-order valence-electron chi connectivity index (χ3n) is 4.47. The molecule has 4 rings (SSSR count). The fourth-order valence-electron chi connectivity index (χ4n) is 3.28. The Morgan fingerprint density at radius 3 is 3.08 bits per heavy atom. The standard InChI is InChI=1S/C16H18N4O3S/c21-15(12-10-24-14(18-12)13-4-2-8-23-13)19-6-1-3-11(9-19)20-7-5-17-16(20)22/h2,4,8,10-11H,1,3,5-7,9H2,(H,17,22). The minimum Gasteiger partial charge on any atom is -0.462 e. The Balaban J connectivity index is 1.47. The van der Waals surface area contributed by atoms with E-state index in [9.17, 15) is 9.59 Å². The molecule has 3 amide bonds. The topological polar surface area (TPSA) is 78.7 Å². The van der Waals surface area contributed by atoms with E-state index < -0.39 is 0 Å². The van der Waals surface area contributed by atoms with E-state index in [1.807, 2.05) is 11.0 Å². The van der Waals surface area contributed by atoms with Crippen molar-refractivity contribution in [3.63, 3.8) is 0 Å². The van der Waals surface area contributed by atoms with Crippen LogP contribution in [0.4, 0.5) is 4.79 Å². The second kappa shape index (κ2) is 6.27. The van der Waals surface area contributed by atoms with Crippen molar-refractivity contribution in [1.29, 1.82) is 0 Å². The third-order valence-corrected chi connectivity index (χ3v) is 5.33. The van der Waals surface area contributed by atoms with E-state index in [1.165, 1.54) is 11.3 Å². The van der Waals surface area contributed by atoms with Crippen molar-refractivity contribution >= 4 is 23.3 Å². The molecule has 126 valence electrons. The number of carbonyl (C=O) groups excluding carboxylic acids is 2. The fraction of sp³-hybridized carbons (Fsp3) is 0.438. The first kappa shape index (κ1) is 15.2. The summed E-state index contributed by atoms with van der Waals surface area (Å²) in [7, 11) is 0. The molecule has 0 aromatic carbocycles. The number of hydrogen-bond donors (Lipinski definition) is 1. The van der Waals surface area contributed by atoms with Gasteiger partial charge in [-0.25, -0.2) is 9.78 Å². The maximum absolute atomic E-state index is 12.7. The van der Waals surface area contributed by atoms with Crippen LogP contribution in [0.1, 0.15) is 23.3 Å². The Hall–Kier alpha value is -2.35. The van der Waals surface area contributed by atoms with Gasteiger partial charge in [0.25, 0.3) is 5.91 Å². The number of urea groups is 1. The number of piperidine rings is 1. The molecule has 2 saturated heterocycles. The minimum absolute atomic E-state index is 0.0249. The number of aromatic nitrogens is 1. The molecule has 1 N–H and O–H groups in total. The number of nitrogens with zero attached hydrogens (tertiary/aromatic N) is 3. The van der Waals surface area contributed by atoms with E-state index in [4.69, 9.17) is 4.42 Å². The zero-order valence-electron chi connectivity index (χ0n) is 13.1. The molecule has 0 radical (unpaired) electrons. The second-order valence-corrected chi connectivity index (χ2v) is 6.85. The highest BCUT2D eigenvalue weighted by Crippen LogP contribution is 2.25. The summed E-state index contributed by atoms with van der Waals surface area (Å²) in [6.45, 7) is 2.67. The predicted molar refractivity (Wildman–Crippen MR) is 88.8 cm³/mol. The van der Waals surface area contributed by atoms with Crippen LogP contribution >= 0.6 is 11.3 Å². The molecular formula is C16H18N4O3S. The zero-order valence-corrected chi connectivity index (χ0v) is 13.9. The van der Waals surface area contributed by atoms with E-state index in [0.717, 1.165) is 12.8 Å². The number of thiazole rings is 1. The smallest absolute Gasteiger partial charge is 0.317 e. The number of furan rings is 1. The summed E-state index contributed by atoms with van der Waals surface area (Å²) in [5, 5.41) is 5.30. The number of carbonyl (C=O) groups is 2. The van der Waals surface area contributed by atoms with Gasteiger partial charge in [0.2, 0.25) is 0 Å². The fourth-order valence-corrected chi connectivity index (χ4v) is 4.04. The lowest BCUT2D eigenvalue weighted by molar-refractivity contribution is 0.0629. The Morgan fingerprint density at radius 2 is 2.33 bits per heavy atom. The average molecular weight is 346 g/mol. The molecule has 7 nitrogen and oxygen atoms in total. The number of rotatable bonds is 3. The number of amides is 3. The lowest BCUT2D eigenvalue weighted by atomic mass is 10.0. The molecule has 0 spiro atoms. The summed E-state index contributed by atoms with van der Waals surface area (Å²) in [6, 6.07) is 3.70. The van der Waals surface area contributed by atoms with Gasteiger partial charge in [0, 0.05) is 31.6 Å². The van der Waals surface area contributed by atoms with Crippen LogP contribution in [-0.4, -0.2) is 58.9 Å². The number of hydrogen-bond acceptors (Lipinski definition) is 5. The van der Waals surface area contributed by atoms with E-state index in [0.29, 0.717) is 42.6 Å². The van der Waals surface area contributed by atoms with Crippen molar-refractivity contribution in [3.05, 3.63) is 29.5 Å². The Morgan fingerprint density at radius 1 is 1.42 bits per heavy atom. The molecule has 2 aliphatic rings. The average Bonchev–Trinajstić information content (AvgIpc) is 3.35. The highest BCUT2D eigenvalue weighted by Gasteiger charge is 2.33. The van der Waals surface area contributed by atoms with Crippen LogP contribution in [-0.2, 0) is 0 Å². The molecule has 24 heavy (non-hydrogen) atoms. The van der Waals surface area contributed by atoms with Gasteiger partial charge < -0.3 is 19.5 Å². The van der Waals surface area contributed by atoms with Crippen molar-refractivity contribution in [1.82, 2.24) is 20.1 Å². The molecule has 2 aromatic heterocycles. The summed E-state index contributed by atoms with van der Waals surface area (Å²) in [6.07, 6.45) is 3.43. The summed E-state index contributed by atoms with van der Waals surface area (Å²) in [5.74, 6) is 0.595. The second-order valence-electron chi connectivity index (χ2n) is 5.99. The van der Waals surface area contributed by atoms with Gasteiger partial charge in [0.05, 0.1) is 12.3 Å². The van der Waals surface area contributed by atoms with Crippen LogP contribution in [0.25, 0.3) is 10.8 Å². The first-order valence-electron chi connectivity index (χ1n) is 8.05. The van der Waals surface area contributed by atoms with E-state index >= 15 is 0 Å². The molecule has 0 saturated carbocycles. The molecule has 1 unspecified atom stereocenters. The molecule has 2 fully saturated rings. The normalized spacial score (nSPS) is 21.2. The first-order chi connectivity index (χ1) is 11.7. The Bertz CT molecular complexity index is 742. The molecule has 8 heteroatoms. The van der Waals surface area contributed by atoms with Gasteiger partial charge in [-0.1, -0.05) is 0 Å². The maximum Gasteiger partial charge on any atom is 0.317 e. The maximum atomic E-state index is 12.7. The summed E-state index contributed by atoms with van der Waals surface area (Å²) in [5.41, 5.74) is 0.443. The van der Waals surface area contributed by atoms with Gasteiger partial charge in [-0.2, -0.15) is 0 Å². The van der Waals surface area contributed by atoms with Gasteiger partial charge in [-0.05, 0) is 25.0 Å². The quantitative estimate of drug-likeness (QED) is 0.922. The lowest BCUT2D eigenvalue weighted by Crippen LogP contribution is -2.50. The van der Waals surface area contributed by atoms with Crippen molar-refractivity contribution < 1.29 is 14.0 Å². The zero-order chi connectivity index (χ0) is 16.5. The van der Waals surface area contributed by atoms with Gasteiger partial charge in [-0.15, -0.1) is 11.3 Å². The highest BCUT2D eigenvalue weighted by molar-refractivity contribution is 7.13. The Kier molecular flexibility index (Phi) is 3.97. The van der Waals surface area contributed by atoms with Gasteiger partial charge in [0.1, 0.15) is 5.69 Å². The van der Waals surface area contributed by atoms with Crippen molar-refractivity contribution in [2.75, 3.05) is 26.2 Å². The van der Waals surface area contributed by atoms with Crippen LogP contribution in [0.3, 0.4) is 0 Å². The van der Waals surface area contributed by atoms with Crippen LogP contribution in [0.5, 0.6) is 0 Å². The SMILES string of the molecule is O=C(c1csc(-c2ccco2)n1)N1CCCC(N2CCNC2=O)C1. The molecule has 1 atom stereocenters. The molecular weight excluding hydrogens is 328 g/mol. The molecule has 0 bridgehead atoms. The number of likely N-dealkylation sites (tertiary alicyclic amines) is 1. The summed E-state index contributed by atoms with van der Waals surface area (Å²) >= 11 is 1.40. The van der Waals surface area contributed by atoms with Crippen LogP contribution < -0.4 is 5.32 Å². The first-order valence-corrected chi connectivity index (χ1v) is 8.93. The summed E-state index contributed by atoms with van der Waals surface area (Å²) < 4.78 is 5.33. The van der Waals surface area contributed by atoms with Crippen molar-refractivity contribution in [2.24, 2.45) is 0 Å². The predicted octanol–water partition coefficient (Wildman–Crippen LogP) is 2.03. The minimum atomic E-state index is -0.0756. The Labute approximate surface area is 143 Å². The monoisotopic (exact) mass is 346 g/mol. The summed E-state index contributed by atoms with van der Waals surface area (Å²) in [4.78, 5) is 32.6. The molecule has 2 aliphatic heterocycles. The van der Waals surface area contributed by atoms with E-state index in [1.54, 1.807) is 22.6 Å². The van der Waals surface area contributed by atoms with Gasteiger partial charge >= 0.3 is 6.03 Å². The third kappa shape index (κ3) is 2.77. The molecule has 0 aliphatic carbocycles.